The van der Waals surface area contributed by atoms with E-state index in [1.54, 1.807) is 13.3 Å². The largest absolute Gasteiger partial charge is 0.495 e. The Labute approximate surface area is 190 Å². The molecule has 1 fully saturated rings. The molecule has 6 heteroatoms. The summed E-state index contributed by atoms with van der Waals surface area (Å²) in [6.45, 7) is 5.36. The fourth-order valence-corrected chi connectivity index (χ4v) is 4.20. The van der Waals surface area contributed by atoms with Crippen LogP contribution in [-0.4, -0.2) is 42.5 Å². The fraction of sp³-hybridized carbons (Fsp3) is 0.385. The third kappa shape index (κ3) is 5.56. The molecule has 6 nitrogen and oxygen atoms in total. The summed E-state index contributed by atoms with van der Waals surface area (Å²) in [6, 6.07) is 14.0. The zero-order valence-electron chi connectivity index (χ0n) is 19.0. The van der Waals surface area contributed by atoms with Gasteiger partial charge in [-0.1, -0.05) is 24.1 Å². The summed E-state index contributed by atoms with van der Waals surface area (Å²) in [5, 5.41) is 8.37. The second-order valence-electron chi connectivity index (χ2n) is 8.48. The van der Waals surface area contributed by atoms with Gasteiger partial charge in [-0.2, -0.15) is 0 Å². The number of hydrogen-bond donors (Lipinski definition) is 2. The number of anilines is 3. The summed E-state index contributed by atoms with van der Waals surface area (Å²) in [4.78, 5) is 19.6. The standard InChI is InChI=1S/C26H32N4O2/c1-19-8-10-21(11-9-19)28-26-22-18-23(24(32-2)17-20(22)12-13-27-26)29-25(31)7-6-16-30-14-4-3-5-15-30/h8-13,17-18H,3-7,14-16H2,1-2H3,(H,27,28)(H,29,31). The monoisotopic (exact) mass is 432 g/mol. The number of methoxy groups -OCH3 is 1. The minimum atomic E-state index is 0.0107. The summed E-state index contributed by atoms with van der Waals surface area (Å²) in [6.07, 6.45) is 7.01. The van der Waals surface area contributed by atoms with E-state index in [4.69, 9.17) is 4.74 Å². The first kappa shape index (κ1) is 22.1. The highest BCUT2D eigenvalue weighted by Crippen LogP contribution is 2.34. The van der Waals surface area contributed by atoms with E-state index in [0.29, 0.717) is 17.9 Å². The van der Waals surface area contributed by atoms with Crippen LogP contribution in [-0.2, 0) is 4.79 Å². The molecule has 4 rings (SSSR count). The van der Waals surface area contributed by atoms with Crippen LogP contribution in [0.3, 0.4) is 0 Å². The Morgan fingerprint density at radius 1 is 1.09 bits per heavy atom. The SMILES string of the molecule is COc1cc2ccnc(Nc3ccc(C)cc3)c2cc1NC(=O)CCCN1CCCCC1. The summed E-state index contributed by atoms with van der Waals surface area (Å²) < 4.78 is 5.56. The maximum absolute atomic E-state index is 12.6. The van der Waals surface area contributed by atoms with Gasteiger partial charge in [0.25, 0.3) is 0 Å². The number of pyridine rings is 1. The molecule has 1 amide bonds. The van der Waals surface area contributed by atoms with Crippen LogP contribution in [0, 0.1) is 6.92 Å². The number of rotatable bonds is 8. The number of amides is 1. The molecule has 1 aliphatic rings. The third-order valence-corrected chi connectivity index (χ3v) is 6.00. The van der Waals surface area contributed by atoms with E-state index in [0.717, 1.165) is 48.3 Å². The van der Waals surface area contributed by atoms with Gasteiger partial charge in [0, 0.05) is 23.7 Å². The lowest BCUT2D eigenvalue weighted by molar-refractivity contribution is -0.116. The average molecular weight is 433 g/mol. The van der Waals surface area contributed by atoms with Crippen LogP contribution < -0.4 is 15.4 Å². The molecule has 0 atom stereocenters. The van der Waals surface area contributed by atoms with Crippen molar-refractivity contribution < 1.29 is 9.53 Å². The molecule has 2 N–H and O–H groups in total. The van der Waals surface area contributed by atoms with E-state index in [9.17, 15) is 4.79 Å². The number of carbonyl (C=O) groups is 1. The van der Waals surface area contributed by atoms with Crippen molar-refractivity contribution >= 4 is 33.9 Å². The first-order chi connectivity index (χ1) is 15.6. The Kier molecular flexibility index (Phi) is 7.22. The topological polar surface area (TPSA) is 66.5 Å². The van der Waals surface area contributed by atoms with Gasteiger partial charge in [-0.3, -0.25) is 4.79 Å². The van der Waals surface area contributed by atoms with E-state index in [1.165, 1.54) is 24.8 Å². The number of likely N-dealkylation sites (tertiary alicyclic amines) is 1. The molecule has 1 aromatic heterocycles. The second-order valence-corrected chi connectivity index (χ2v) is 8.48. The Bertz CT molecular complexity index is 1060. The smallest absolute Gasteiger partial charge is 0.224 e. The average Bonchev–Trinajstić information content (AvgIpc) is 2.81. The number of hydrogen-bond acceptors (Lipinski definition) is 5. The first-order valence-corrected chi connectivity index (χ1v) is 11.4. The summed E-state index contributed by atoms with van der Waals surface area (Å²) in [5.74, 6) is 1.40. The van der Waals surface area contributed by atoms with Crippen molar-refractivity contribution in [2.75, 3.05) is 37.4 Å². The van der Waals surface area contributed by atoms with Crippen molar-refractivity contribution in [3.63, 3.8) is 0 Å². The molecular weight excluding hydrogens is 400 g/mol. The van der Waals surface area contributed by atoms with Crippen molar-refractivity contribution in [1.29, 1.82) is 0 Å². The lowest BCUT2D eigenvalue weighted by atomic mass is 10.1. The van der Waals surface area contributed by atoms with Crippen LogP contribution in [0.25, 0.3) is 10.8 Å². The zero-order chi connectivity index (χ0) is 22.3. The Hall–Kier alpha value is -3.12. The number of aromatic nitrogens is 1. The molecule has 1 saturated heterocycles. The number of benzene rings is 2. The van der Waals surface area contributed by atoms with Crippen LogP contribution >= 0.6 is 0 Å². The number of nitrogens with one attached hydrogen (secondary N) is 2. The quantitative estimate of drug-likeness (QED) is 0.492. The molecule has 0 saturated carbocycles. The number of carbonyl (C=O) groups excluding carboxylic acids is 1. The molecule has 1 aliphatic heterocycles. The van der Waals surface area contributed by atoms with Gasteiger partial charge in [0.1, 0.15) is 11.6 Å². The Morgan fingerprint density at radius 3 is 2.62 bits per heavy atom. The predicted molar refractivity (Wildman–Crippen MR) is 131 cm³/mol. The number of fused-ring (bicyclic) bond motifs is 1. The number of ether oxygens (including phenoxy) is 1. The molecule has 0 spiro atoms. The molecule has 32 heavy (non-hydrogen) atoms. The molecule has 2 heterocycles. The maximum atomic E-state index is 12.6. The normalized spacial score (nSPS) is 14.3. The van der Waals surface area contributed by atoms with Gasteiger partial charge in [-0.15, -0.1) is 0 Å². The van der Waals surface area contributed by atoms with E-state index in [1.807, 2.05) is 30.3 Å². The summed E-state index contributed by atoms with van der Waals surface area (Å²) in [5.41, 5.74) is 2.84. The van der Waals surface area contributed by atoms with Gasteiger partial charge in [-0.05, 0) is 81.5 Å². The zero-order valence-corrected chi connectivity index (χ0v) is 19.0. The third-order valence-electron chi connectivity index (χ3n) is 6.00. The van der Waals surface area contributed by atoms with Crippen LogP contribution in [0.2, 0.25) is 0 Å². The molecule has 0 bridgehead atoms. The van der Waals surface area contributed by atoms with Crippen molar-refractivity contribution in [3.05, 3.63) is 54.2 Å². The van der Waals surface area contributed by atoms with Crippen LogP contribution in [0.5, 0.6) is 5.75 Å². The second kappa shape index (κ2) is 10.5. The molecule has 3 aromatic rings. The number of piperidine rings is 1. The number of aryl methyl sites for hydroxylation is 1. The van der Waals surface area contributed by atoms with Gasteiger partial charge >= 0.3 is 0 Å². The highest BCUT2D eigenvalue weighted by atomic mass is 16.5. The van der Waals surface area contributed by atoms with Crippen LogP contribution in [0.4, 0.5) is 17.2 Å². The Morgan fingerprint density at radius 2 is 1.88 bits per heavy atom. The fourth-order valence-electron chi connectivity index (χ4n) is 4.20. The highest BCUT2D eigenvalue weighted by molar-refractivity contribution is 6.01. The van der Waals surface area contributed by atoms with Gasteiger partial charge in [0.15, 0.2) is 0 Å². The van der Waals surface area contributed by atoms with E-state index in [2.05, 4.69) is 39.6 Å². The minimum Gasteiger partial charge on any atom is -0.495 e. The highest BCUT2D eigenvalue weighted by Gasteiger charge is 2.14. The van der Waals surface area contributed by atoms with Crippen molar-refractivity contribution in [1.82, 2.24) is 9.88 Å². The van der Waals surface area contributed by atoms with Crippen LogP contribution in [0.1, 0.15) is 37.7 Å². The maximum Gasteiger partial charge on any atom is 0.224 e. The van der Waals surface area contributed by atoms with Gasteiger partial charge in [0.05, 0.1) is 12.8 Å². The summed E-state index contributed by atoms with van der Waals surface area (Å²) in [7, 11) is 1.62. The summed E-state index contributed by atoms with van der Waals surface area (Å²) >= 11 is 0. The van der Waals surface area contributed by atoms with Crippen molar-refractivity contribution in [2.24, 2.45) is 0 Å². The van der Waals surface area contributed by atoms with E-state index < -0.39 is 0 Å². The predicted octanol–water partition coefficient (Wildman–Crippen LogP) is 5.50. The first-order valence-electron chi connectivity index (χ1n) is 11.4. The Balaban J connectivity index is 1.48. The lowest BCUT2D eigenvalue weighted by Gasteiger charge is -2.26. The van der Waals surface area contributed by atoms with E-state index >= 15 is 0 Å². The number of nitrogens with zero attached hydrogens (tertiary/aromatic N) is 2. The molecule has 0 radical (unpaired) electrons. The molecule has 0 aliphatic carbocycles. The van der Waals surface area contributed by atoms with Gasteiger partial charge in [0.2, 0.25) is 5.91 Å². The van der Waals surface area contributed by atoms with Crippen molar-refractivity contribution in [3.8, 4) is 5.75 Å². The van der Waals surface area contributed by atoms with Gasteiger partial charge < -0.3 is 20.3 Å². The van der Waals surface area contributed by atoms with E-state index in [-0.39, 0.29) is 5.91 Å². The van der Waals surface area contributed by atoms with Crippen LogP contribution in [0.15, 0.2) is 48.7 Å². The molecule has 0 unspecified atom stereocenters. The van der Waals surface area contributed by atoms with Crippen molar-refractivity contribution in [2.45, 2.75) is 39.0 Å². The minimum absolute atomic E-state index is 0.0107. The molecule has 2 aromatic carbocycles. The lowest BCUT2D eigenvalue weighted by Crippen LogP contribution is -2.31. The molecular formula is C26H32N4O2. The van der Waals surface area contributed by atoms with Gasteiger partial charge in [-0.25, -0.2) is 4.98 Å². The molecule has 168 valence electrons.